The second-order valence-electron chi connectivity index (χ2n) is 5.26. The predicted molar refractivity (Wildman–Crippen MR) is 74.7 cm³/mol. The third-order valence-electron chi connectivity index (χ3n) is 3.74. The molecular weight excluding hydrogens is 294 g/mol. The number of carbonyl (C=O) groups is 1. The van der Waals surface area contributed by atoms with Crippen molar-refractivity contribution >= 4 is 15.9 Å². The van der Waals surface area contributed by atoms with Crippen LogP contribution in [0.15, 0.2) is 23.1 Å². The van der Waals surface area contributed by atoms with Crippen LogP contribution in [0.3, 0.4) is 0 Å². The van der Waals surface area contributed by atoms with Gasteiger partial charge in [-0.3, -0.25) is 4.79 Å². The molecule has 0 spiro atoms. The molecule has 1 aromatic rings. The first-order valence-corrected chi connectivity index (χ1v) is 8.51. The van der Waals surface area contributed by atoms with Gasteiger partial charge >= 0.3 is 0 Å². The minimum absolute atomic E-state index is 0.0134. The van der Waals surface area contributed by atoms with Gasteiger partial charge in [0.05, 0.1) is 18.1 Å². The third kappa shape index (κ3) is 2.97. The third-order valence-corrected chi connectivity index (χ3v) is 5.08. The van der Waals surface area contributed by atoms with Crippen LogP contribution in [0.25, 0.3) is 0 Å². The molecule has 0 aromatic heterocycles. The van der Waals surface area contributed by atoms with Crippen molar-refractivity contribution in [2.24, 2.45) is 5.92 Å². The standard InChI is InChI=1S/C14H17NO5S/c16-14(10-3-1-4-10)15-21(17,18)11-5-6-12-13(9-11)20-8-2-7-19-12/h5-6,9-10H,1-4,7-8H2,(H,15,16). The lowest BCUT2D eigenvalue weighted by Crippen LogP contribution is -2.38. The van der Waals surface area contributed by atoms with Gasteiger partial charge in [-0.2, -0.15) is 0 Å². The highest BCUT2D eigenvalue weighted by atomic mass is 32.2. The van der Waals surface area contributed by atoms with Crippen LogP contribution in [0.2, 0.25) is 0 Å². The number of nitrogens with one attached hydrogen (secondary N) is 1. The van der Waals surface area contributed by atoms with Crippen molar-refractivity contribution in [2.45, 2.75) is 30.6 Å². The van der Waals surface area contributed by atoms with Crippen LogP contribution in [0, 0.1) is 5.92 Å². The number of rotatable bonds is 3. The number of ether oxygens (including phenoxy) is 2. The summed E-state index contributed by atoms with van der Waals surface area (Å²) in [6, 6.07) is 4.38. The largest absolute Gasteiger partial charge is 0.490 e. The molecule has 21 heavy (non-hydrogen) atoms. The minimum atomic E-state index is -3.86. The molecule has 1 aromatic carbocycles. The topological polar surface area (TPSA) is 81.7 Å². The zero-order valence-corrected chi connectivity index (χ0v) is 12.3. The molecule has 7 heteroatoms. The Morgan fingerprint density at radius 2 is 1.81 bits per heavy atom. The van der Waals surface area contributed by atoms with E-state index in [0.29, 0.717) is 24.7 Å². The van der Waals surface area contributed by atoms with Gasteiger partial charge < -0.3 is 9.47 Å². The SMILES string of the molecule is O=C(NS(=O)(=O)c1ccc2c(c1)OCCCO2)C1CCC1. The monoisotopic (exact) mass is 311 g/mol. The van der Waals surface area contributed by atoms with Crippen LogP contribution >= 0.6 is 0 Å². The van der Waals surface area contributed by atoms with E-state index < -0.39 is 15.9 Å². The summed E-state index contributed by atoms with van der Waals surface area (Å²) >= 11 is 0. The molecule has 0 unspecified atom stereocenters. The van der Waals surface area contributed by atoms with Crippen LogP contribution in [-0.2, 0) is 14.8 Å². The van der Waals surface area contributed by atoms with Crippen LogP contribution in [-0.4, -0.2) is 27.5 Å². The number of amides is 1. The highest BCUT2D eigenvalue weighted by Gasteiger charge is 2.29. The Kier molecular flexibility index (Phi) is 3.75. The Labute approximate surface area is 123 Å². The van der Waals surface area contributed by atoms with E-state index >= 15 is 0 Å². The molecule has 114 valence electrons. The first kappa shape index (κ1) is 14.2. The highest BCUT2D eigenvalue weighted by molar-refractivity contribution is 7.90. The number of sulfonamides is 1. The van der Waals surface area contributed by atoms with E-state index in [4.69, 9.17) is 9.47 Å². The molecule has 0 radical (unpaired) electrons. The maximum Gasteiger partial charge on any atom is 0.264 e. The van der Waals surface area contributed by atoms with Gasteiger partial charge in [-0.25, -0.2) is 13.1 Å². The predicted octanol–water partition coefficient (Wildman–Crippen LogP) is 1.45. The minimum Gasteiger partial charge on any atom is -0.490 e. The van der Waals surface area contributed by atoms with Gasteiger partial charge in [0.2, 0.25) is 5.91 Å². The average Bonchev–Trinajstić information content (AvgIpc) is 2.59. The van der Waals surface area contributed by atoms with Crippen molar-refractivity contribution in [3.8, 4) is 11.5 Å². The Hall–Kier alpha value is -1.76. The van der Waals surface area contributed by atoms with Crippen molar-refractivity contribution in [1.29, 1.82) is 0 Å². The molecule has 1 aliphatic carbocycles. The molecule has 3 rings (SSSR count). The normalized spacial score (nSPS) is 18.5. The van der Waals surface area contributed by atoms with E-state index in [1.165, 1.54) is 12.1 Å². The summed E-state index contributed by atoms with van der Waals surface area (Å²) in [6.45, 7) is 1.02. The molecule has 1 amide bonds. The summed E-state index contributed by atoms with van der Waals surface area (Å²) < 4.78 is 37.5. The van der Waals surface area contributed by atoms with Crippen LogP contribution in [0.1, 0.15) is 25.7 Å². The molecule has 1 N–H and O–H groups in total. The summed E-state index contributed by atoms with van der Waals surface area (Å²) in [5, 5.41) is 0. The van der Waals surface area contributed by atoms with Gasteiger partial charge in [0, 0.05) is 18.4 Å². The van der Waals surface area contributed by atoms with Crippen LogP contribution in [0.4, 0.5) is 0 Å². The molecule has 1 aliphatic heterocycles. The van der Waals surface area contributed by atoms with Crippen LogP contribution < -0.4 is 14.2 Å². The van der Waals surface area contributed by atoms with E-state index in [1.807, 2.05) is 0 Å². The summed E-state index contributed by atoms with van der Waals surface area (Å²) in [6.07, 6.45) is 3.22. The number of hydrogen-bond acceptors (Lipinski definition) is 5. The maximum absolute atomic E-state index is 12.2. The van der Waals surface area contributed by atoms with Crippen molar-refractivity contribution in [3.63, 3.8) is 0 Å². The Balaban J connectivity index is 1.81. The number of benzene rings is 1. The van der Waals surface area contributed by atoms with E-state index in [-0.39, 0.29) is 10.8 Å². The molecule has 1 heterocycles. The van der Waals surface area contributed by atoms with Gasteiger partial charge in [-0.1, -0.05) is 6.42 Å². The molecule has 1 saturated carbocycles. The molecule has 0 bridgehead atoms. The lowest BCUT2D eigenvalue weighted by atomic mass is 9.85. The molecule has 2 aliphatic rings. The van der Waals surface area contributed by atoms with Crippen molar-refractivity contribution in [3.05, 3.63) is 18.2 Å². The van der Waals surface area contributed by atoms with E-state index in [2.05, 4.69) is 4.72 Å². The van der Waals surface area contributed by atoms with Gasteiger partial charge in [-0.15, -0.1) is 0 Å². The second kappa shape index (κ2) is 5.55. The van der Waals surface area contributed by atoms with Gasteiger partial charge in [0.15, 0.2) is 11.5 Å². The molecule has 6 nitrogen and oxygen atoms in total. The van der Waals surface area contributed by atoms with Gasteiger partial charge in [-0.05, 0) is 25.0 Å². The molecule has 0 atom stereocenters. The summed E-state index contributed by atoms with van der Waals surface area (Å²) in [7, 11) is -3.86. The quantitative estimate of drug-likeness (QED) is 0.914. The van der Waals surface area contributed by atoms with E-state index in [0.717, 1.165) is 25.7 Å². The van der Waals surface area contributed by atoms with Crippen LogP contribution in [0.5, 0.6) is 11.5 Å². The molecule has 1 fully saturated rings. The fourth-order valence-corrected chi connectivity index (χ4v) is 3.31. The van der Waals surface area contributed by atoms with Crippen molar-refractivity contribution in [1.82, 2.24) is 4.72 Å². The maximum atomic E-state index is 12.2. The van der Waals surface area contributed by atoms with Gasteiger partial charge in [0.1, 0.15) is 0 Å². The van der Waals surface area contributed by atoms with Gasteiger partial charge in [0.25, 0.3) is 10.0 Å². The Morgan fingerprint density at radius 1 is 1.10 bits per heavy atom. The average molecular weight is 311 g/mol. The summed E-state index contributed by atoms with van der Waals surface area (Å²) in [5.41, 5.74) is 0. The fourth-order valence-electron chi connectivity index (χ4n) is 2.26. The Bertz CT molecular complexity index is 651. The highest BCUT2D eigenvalue weighted by Crippen LogP contribution is 2.32. The fraction of sp³-hybridized carbons (Fsp3) is 0.500. The number of carbonyl (C=O) groups excluding carboxylic acids is 1. The first-order chi connectivity index (χ1) is 10.1. The van der Waals surface area contributed by atoms with Crippen molar-refractivity contribution in [2.75, 3.05) is 13.2 Å². The Morgan fingerprint density at radius 3 is 2.48 bits per heavy atom. The molecular formula is C14H17NO5S. The smallest absolute Gasteiger partial charge is 0.264 e. The summed E-state index contributed by atoms with van der Waals surface area (Å²) in [4.78, 5) is 11.8. The number of fused-ring (bicyclic) bond motifs is 1. The number of hydrogen-bond donors (Lipinski definition) is 1. The molecule has 0 saturated heterocycles. The van der Waals surface area contributed by atoms with Crippen molar-refractivity contribution < 1.29 is 22.7 Å². The second-order valence-corrected chi connectivity index (χ2v) is 6.94. The lowest BCUT2D eigenvalue weighted by Gasteiger charge is -2.23. The lowest BCUT2D eigenvalue weighted by molar-refractivity contribution is -0.125. The van der Waals surface area contributed by atoms with E-state index in [9.17, 15) is 13.2 Å². The zero-order valence-electron chi connectivity index (χ0n) is 11.5. The van der Waals surface area contributed by atoms with E-state index in [1.54, 1.807) is 6.07 Å². The first-order valence-electron chi connectivity index (χ1n) is 7.02. The summed E-state index contributed by atoms with van der Waals surface area (Å²) in [5.74, 6) is 0.316. The zero-order chi connectivity index (χ0) is 14.9.